The van der Waals surface area contributed by atoms with Crippen LogP contribution in [0.25, 0.3) is 6.08 Å². The van der Waals surface area contributed by atoms with E-state index in [2.05, 4.69) is 5.32 Å². The highest BCUT2D eigenvalue weighted by molar-refractivity contribution is 5.91. The summed E-state index contributed by atoms with van der Waals surface area (Å²) in [5.41, 5.74) is -0.208. The second kappa shape index (κ2) is 4.34. The van der Waals surface area contributed by atoms with Crippen LogP contribution >= 0.6 is 0 Å². The number of amides is 1. The van der Waals surface area contributed by atoms with Gasteiger partial charge in [0, 0.05) is 11.6 Å². The first-order chi connectivity index (χ1) is 6.87. The van der Waals surface area contributed by atoms with Crippen molar-refractivity contribution in [3.8, 4) is 0 Å². The molecule has 82 valence electrons. The van der Waals surface area contributed by atoms with E-state index in [0.29, 0.717) is 5.76 Å². The molecule has 1 aromatic heterocycles. The maximum absolute atomic E-state index is 11.4. The van der Waals surface area contributed by atoms with Gasteiger partial charge in [-0.1, -0.05) is 0 Å². The molecule has 3 nitrogen and oxygen atoms in total. The molecule has 1 amide bonds. The van der Waals surface area contributed by atoms with Crippen LogP contribution in [0, 0.1) is 6.92 Å². The standard InChI is InChI=1S/C12H17NO2/c1-9-5-6-10(15-9)7-8-11(14)13-12(2,3)4/h5-8H,1-4H3,(H,13,14)/b8-7+. The molecular weight excluding hydrogens is 190 g/mol. The van der Waals surface area contributed by atoms with E-state index in [1.54, 1.807) is 6.08 Å². The molecule has 0 bridgehead atoms. The Morgan fingerprint density at radius 1 is 1.40 bits per heavy atom. The molecular formula is C12H17NO2. The Hall–Kier alpha value is -1.51. The number of nitrogens with one attached hydrogen (secondary N) is 1. The van der Waals surface area contributed by atoms with Crippen molar-refractivity contribution in [3.05, 3.63) is 29.7 Å². The Morgan fingerprint density at radius 2 is 2.07 bits per heavy atom. The summed E-state index contributed by atoms with van der Waals surface area (Å²) in [6, 6.07) is 3.69. The molecule has 0 aliphatic carbocycles. The molecule has 0 spiro atoms. The Morgan fingerprint density at radius 3 is 2.53 bits per heavy atom. The van der Waals surface area contributed by atoms with Crippen LogP contribution in [0.4, 0.5) is 0 Å². The first-order valence-electron chi connectivity index (χ1n) is 4.93. The van der Waals surface area contributed by atoms with Gasteiger partial charge in [-0.15, -0.1) is 0 Å². The largest absolute Gasteiger partial charge is 0.462 e. The van der Waals surface area contributed by atoms with E-state index >= 15 is 0 Å². The maximum atomic E-state index is 11.4. The molecule has 0 saturated carbocycles. The molecule has 0 aliphatic rings. The Bertz CT molecular complexity index is 369. The van der Waals surface area contributed by atoms with Gasteiger partial charge in [-0.05, 0) is 45.9 Å². The summed E-state index contributed by atoms with van der Waals surface area (Å²) in [5.74, 6) is 1.42. The number of hydrogen-bond donors (Lipinski definition) is 1. The number of furan rings is 1. The summed E-state index contributed by atoms with van der Waals surface area (Å²) in [6.07, 6.45) is 3.14. The predicted octanol–water partition coefficient (Wildman–Crippen LogP) is 2.52. The van der Waals surface area contributed by atoms with Gasteiger partial charge >= 0.3 is 0 Å². The molecule has 0 atom stereocenters. The van der Waals surface area contributed by atoms with Crippen molar-refractivity contribution in [1.29, 1.82) is 0 Å². The molecule has 1 heterocycles. The van der Waals surface area contributed by atoms with E-state index in [1.807, 2.05) is 39.8 Å². The summed E-state index contributed by atoms with van der Waals surface area (Å²) < 4.78 is 5.30. The second-order valence-electron chi connectivity index (χ2n) is 4.52. The first kappa shape index (κ1) is 11.6. The first-order valence-corrected chi connectivity index (χ1v) is 4.93. The van der Waals surface area contributed by atoms with Crippen LogP contribution in [0.15, 0.2) is 22.6 Å². The van der Waals surface area contributed by atoms with Crippen LogP contribution in [0.5, 0.6) is 0 Å². The van der Waals surface area contributed by atoms with Gasteiger partial charge in [0.1, 0.15) is 11.5 Å². The highest BCUT2D eigenvalue weighted by atomic mass is 16.3. The number of rotatable bonds is 2. The lowest BCUT2D eigenvalue weighted by Crippen LogP contribution is -2.39. The summed E-state index contributed by atoms with van der Waals surface area (Å²) in [6.45, 7) is 7.69. The van der Waals surface area contributed by atoms with Crippen molar-refractivity contribution in [3.63, 3.8) is 0 Å². The molecule has 15 heavy (non-hydrogen) atoms. The zero-order chi connectivity index (χ0) is 11.5. The third-order valence-corrected chi connectivity index (χ3v) is 1.66. The zero-order valence-electron chi connectivity index (χ0n) is 9.63. The van der Waals surface area contributed by atoms with E-state index in [0.717, 1.165) is 5.76 Å². The smallest absolute Gasteiger partial charge is 0.244 e. The lowest BCUT2D eigenvalue weighted by atomic mass is 10.1. The van der Waals surface area contributed by atoms with E-state index in [9.17, 15) is 4.79 Å². The zero-order valence-corrected chi connectivity index (χ0v) is 9.63. The lowest BCUT2D eigenvalue weighted by Gasteiger charge is -2.18. The highest BCUT2D eigenvalue weighted by Gasteiger charge is 2.11. The molecule has 0 aliphatic heterocycles. The van der Waals surface area contributed by atoms with Crippen molar-refractivity contribution in [1.82, 2.24) is 5.32 Å². The molecule has 1 aromatic rings. The monoisotopic (exact) mass is 207 g/mol. The maximum Gasteiger partial charge on any atom is 0.244 e. The van der Waals surface area contributed by atoms with Gasteiger partial charge in [0.05, 0.1) is 0 Å². The molecule has 1 rings (SSSR count). The van der Waals surface area contributed by atoms with Gasteiger partial charge < -0.3 is 9.73 Å². The van der Waals surface area contributed by atoms with Crippen LogP contribution in [0.1, 0.15) is 32.3 Å². The number of hydrogen-bond acceptors (Lipinski definition) is 2. The summed E-state index contributed by atoms with van der Waals surface area (Å²) in [7, 11) is 0. The molecule has 0 saturated heterocycles. The summed E-state index contributed by atoms with van der Waals surface area (Å²) in [4.78, 5) is 11.4. The van der Waals surface area contributed by atoms with E-state index in [-0.39, 0.29) is 11.4 Å². The minimum absolute atomic E-state index is 0.114. The van der Waals surface area contributed by atoms with Crippen LogP contribution in [-0.2, 0) is 4.79 Å². The van der Waals surface area contributed by atoms with Gasteiger partial charge in [0.25, 0.3) is 0 Å². The SMILES string of the molecule is Cc1ccc(/C=C/C(=O)NC(C)(C)C)o1. The number of aryl methyl sites for hydroxylation is 1. The molecule has 0 radical (unpaired) electrons. The van der Waals surface area contributed by atoms with E-state index in [4.69, 9.17) is 4.42 Å². The van der Waals surface area contributed by atoms with Crippen LogP contribution in [0.2, 0.25) is 0 Å². The van der Waals surface area contributed by atoms with Gasteiger partial charge in [-0.2, -0.15) is 0 Å². The Labute approximate surface area is 90.2 Å². The quantitative estimate of drug-likeness (QED) is 0.757. The van der Waals surface area contributed by atoms with E-state index < -0.39 is 0 Å². The average Bonchev–Trinajstić information content (AvgIpc) is 2.45. The van der Waals surface area contributed by atoms with Gasteiger partial charge in [-0.25, -0.2) is 0 Å². The molecule has 0 aromatic carbocycles. The molecule has 3 heteroatoms. The lowest BCUT2D eigenvalue weighted by molar-refractivity contribution is -0.117. The van der Waals surface area contributed by atoms with Crippen molar-refractivity contribution in [2.45, 2.75) is 33.2 Å². The van der Waals surface area contributed by atoms with Crippen LogP contribution in [0.3, 0.4) is 0 Å². The van der Waals surface area contributed by atoms with Gasteiger partial charge in [0.2, 0.25) is 5.91 Å². The summed E-state index contributed by atoms with van der Waals surface area (Å²) in [5, 5.41) is 2.83. The minimum atomic E-state index is -0.208. The van der Waals surface area contributed by atoms with Gasteiger partial charge in [-0.3, -0.25) is 4.79 Å². The fourth-order valence-electron chi connectivity index (χ4n) is 1.11. The predicted molar refractivity (Wildman–Crippen MR) is 60.4 cm³/mol. The van der Waals surface area contributed by atoms with Gasteiger partial charge in [0.15, 0.2) is 0 Å². The normalized spacial score (nSPS) is 12.0. The van der Waals surface area contributed by atoms with Crippen LogP contribution in [-0.4, -0.2) is 11.4 Å². The number of carbonyl (C=O) groups is 1. The Kier molecular flexibility index (Phi) is 3.35. The highest BCUT2D eigenvalue weighted by Crippen LogP contribution is 2.08. The third-order valence-electron chi connectivity index (χ3n) is 1.66. The number of carbonyl (C=O) groups excluding carboxylic acids is 1. The van der Waals surface area contributed by atoms with Crippen molar-refractivity contribution in [2.24, 2.45) is 0 Å². The fourth-order valence-corrected chi connectivity index (χ4v) is 1.11. The topological polar surface area (TPSA) is 42.2 Å². The average molecular weight is 207 g/mol. The Balaban J connectivity index is 2.55. The summed E-state index contributed by atoms with van der Waals surface area (Å²) >= 11 is 0. The minimum Gasteiger partial charge on any atom is -0.462 e. The third kappa shape index (κ3) is 4.49. The van der Waals surface area contributed by atoms with Crippen molar-refractivity contribution >= 4 is 12.0 Å². The van der Waals surface area contributed by atoms with E-state index in [1.165, 1.54) is 6.08 Å². The fraction of sp³-hybridized carbons (Fsp3) is 0.417. The molecule has 1 N–H and O–H groups in total. The van der Waals surface area contributed by atoms with Crippen molar-refractivity contribution in [2.75, 3.05) is 0 Å². The van der Waals surface area contributed by atoms with Crippen LogP contribution < -0.4 is 5.32 Å². The van der Waals surface area contributed by atoms with Crippen molar-refractivity contribution < 1.29 is 9.21 Å². The molecule has 0 fully saturated rings. The second-order valence-corrected chi connectivity index (χ2v) is 4.52. The molecule has 0 unspecified atom stereocenters.